The molecule has 0 saturated heterocycles. The Balaban J connectivity index is 2.03. The van der Waals surface area contributed by atoms with E-state index < -0.39 is 0 Å². The van der Waals surface area contributed by atoms with E-state index in [-0.39, 0.29) is 18.3 Å². The molecule has 0 atom stereocenters. The lowest BCUT2D eigenvalue weighted by Crippen LogP contribution is -2.07. The van der Waals surface area contributed by atoms with Crippen LogP contribution < -0.4 is 5.32 Å². The fraction of sp³-hybridized carbons (Fsp3) is 0.174. The van der Waals surface area contributed by atoms with E-state index in [9.17, 15) is 14.7 Å². The fourth-order valence-corrected chi connectivity index (χ4v) is 3.94. The van der Waals surface area contributed by atoms with Gasteiger partial charge in [-0.3, -0.25) is 14.6 Å². The number of aliphatic hydroxyl groups excluding tert-OH is 1. The first kappa shape index (κ1) is 21.8. The van der Waals surface area contributed by atoms with Crippen molar-refractivity contribution in [3.05, 3.63) is 58.6 Å². The van der Waals surface area contributed by atoms with Gasteiger partial charge in [0.05, 0.1) is 29.0 Å². The molecule has 8 nitrogen and oxygen atoms in total. The van der Waals surface area contributed by atoms with Crippen molar-refractivity contribution < 1.29 is 14.7 Å². The summed E-state index contributed by atoms with van der Waals surface area (Å²) in [5.41, 5.74) is 5.30. The van der Waals surface area contributed by atoms with E-state index in [0.29, 0.717) is 44.8 Å². The Morgan fingerprint density at radius 2 is 1.97 bits per heavy atom. The van der Waals surface area contributed by atoms with Gasteiger partial charge in [-0.25, -0.2) is 9.97 Å². The largest absolute Gasteiger partial charge is 0.390 e. The Hall–Kier alpha value is -3.43. The molecular formula is C23H20BrN5O3. The molecule has 1 amide bonds. The smallest absolute Gasteiger partial charge is 0.222 e. The van der Waals surface area contributed by atoms with E-state index >= 15 is 0 Å². The van der Waals surface area contributed by atoms with Crippen LogP contribution in [0.3, 0.4) is 0 Å². The predicted octanol–water partition coefficient (Wildman–Crippen LogP) is 4.49. The summed E-state index contributed by atoms with van der Waals surface area (Å²) in [6.07, 6.45) is 3.62. The Morgan fingerprint density at radius 1 is 1.16 bits per heavy atom. The maximum Gasteiger partial charge on any atom is 0.222 e. The number of Topliss-reactive ketones (excluding diaryl/α,β-unsaturated/α-hetero) is 1. The van der Waals surface area contributed by atoms with Crippen molar-refractivity contribution in [3.63, 3.8) is 0 Å². The molecule has 4 heterocycles. The lowest BCUT2D eigenvalue weighted by Gasteiger charge is -2.08. The van der Waals surface area contributed by atoms with E-state index in [4.69, 9.17) is 0 Å². The maximum absolute atomic E-state index is 12.7. The number of fused-ring (bicyclic) bond motifs is 1. The Labute approximate surface area is 192 Å². The summed E-state index contributed by atoms with van der Waals surface area (Å²) < 4.78 is 0.544. The molecule has 4 aromatic rings. The first-order chi connectivity index (χ1) is 15.4. The summed E-state index contributed by atoms with van der Waals surface area (Å²) in [4.78, 5) is 40.7. The molecule has 9 heteroatoms. The molecular weight excluding hydrogens is 474 g/mol. The van der Waals surface area contributed by atoms with Crippen LogP contribution in [0.1, 0.15) is 36.3 Å². The number of anilines is 1. The third-order valence-corrected chi connectivity index (χ3v) is 5.38. The molecule has 0 aliphatic carbocycles. The van der Waals surface area contributed by atoms with E-state index in [1.807, 2.05) is 19.1 Å². The van der Waals surface area contributed by atoms with Gasteiger partial charge in [0.15, 0.2) is 5.78 Å². The number of amides is 1. The van der Waals surface area contributed by atoms with Crippen molar-refractivity contribution in [2.45, 2.75) is 26.9 Å². The molecule has 4 rings (SSSR count). The topological polar surface area (TPSA) is 121 Å². The Morgan fingerprint density at radius 3 is 2.62 bits per heavy atom. The molecule has 0 aliphatic rings. The molecule has 0 aliphatic heterocycles. The minimum absolute atomic E-state index is 0.0140. The second-order valence-electron chi connectivity index (χ2n) is 7.18. The highest BCUT2D eigenvalue weighted by Gasteiger charge is 2.22. The van der Waals surface area contributed by atoms with Gasteiger partial charge in [-0.1, -0.05) is 13.0 Å². The van der Waals surface area contributed by atoms with E-state index in [0.717, 1.165) is 16.7 Å². The Kier molecular flexibility index (Phi) is 6.11. The number of aromatic amines is 1. The fourth-order valence-electron chi connectivity index (χ4n) is 3.54. The number of rotatable bonds is 6. The molecule has 0 unspecified atom stereocenters. The molecule has 0 aromatic carbocycles. The predicted molar refractivity (Wildman–Crippen MR) is 125 cm³/mol. The number of aromatic nitrogens is 4. The number of hydrogen-bond donors (Lipinski definition) is 3. The van der Waals surface area contributed by atoms with Crippen LogP contribution in [0.2, 0.25) is 0 Å². The summed E-state index contributed by atoms with van der Waals surface area (Å²) in [7, 11) is 0. The van der Waals surface area contributed by atoms with Crippen molar-refractivity contribution in [1.82, 2.24) is 19.9 Å². The molecule has 32 heavy (non-hydrogen) atoms. The molecule has 0 bridgehead atoms. The molecule has 0 fully saturated rings. The first-order valence-electron chi connectivity index (χ1n) is 9.96. The van der Waals surface area contributed by atoms with Crippen LogP contribution in [0.4, 0.5) is 5.82 Å². The Bertz CT molecular complexity index is 1330. The minimum atomic E-state index is -0.225. The molecule has 162 valence electrons. The zero-order valence-corrected chi connectivity index (χ0v) is 19.0. The number of aliphatic hydroxyl groups is 1. The summed E-state index contributed by atoms with van der Waals surface area (Å²) in [5, 5.41) is 12.1. The average Bonchev–Trinajstić information content (AvgIpc) is 3.17. The van der Waals surface area contributed by atoms with Gasteiger partial charge in [-0.2, -0.15) is 0 Å². The molecule has 0 radical (unpaired) electrons. The monoisotopic (exact) mass is 493 g/mol. The lowest BCUT2D eigenvalue weighted by atomic mass is 10.0. The second kappa shape index (κ2) is 8.97. The number of carbonyl (C=O) groups excluding carboxylic acids is 2. The van der Waals surface area contributed by atoms with Gasteiger partial charge in [0.25, 0.3) is 0 Å². The number of hydrogen-bond acceptors (Lipinski definition) is 6. The van der Waals surface area contributed by atoms with Gasteiger partial charge >= 0.3 is 0 Å². The molecule has 4 aromatic heterocycles. The van der Waals surface area contributed by atoms with E-state index in [1.165, 1.54) is 6.92 Å². The van der Waals surface area contributed by atoms with Crippen LogP contribution in [0.5, 0.6) is 0 Å². The van der Waals surface area contributed by atoms with Crippen LogP contribution >= 0.6 is 15.9 Å². The number of ketones is 1. The number of nitrogens with one attached hydrogen (secondary N) is 2. The highest BCUT2D eigenvalue weighted by Crippen LogP contribution is 2.39. The van der Waals surface area contributed by atoms with Gasteiger partial charge < -0.3 is 15.4 Å². The van der Waals surface area contributed by atoms with Gasteiger partial charge in [0.1, 0.15) is 10.4 Å². The van der Waals surface area contributed by atoms with Crippen LogP contribution in [-0.4, -0.2) is 36.7 Å². The van der Waals surface area contributed by atoms with Gasteiger partial charge in [-0.15, -0.1) is 0 Å². The zero-order valence-electron chi connectivity index (χ0n) is 17.4. The number of carbonyl (C=O) groups is 2. The minimum Gasteiger partial charge on any atom is -0.390 e. The second-order valence-corrected chi connectivity index (χ2v) is 7.99. The van der Waals surface area contributed by atoms with Crippen LogP contribution in [-0.2, 0) is 11.4 Å². The van der Waals surface area contributed by atoms with Crippen molar-refractivity contribution in [2.24, 2.45) is 0 Å². The third-order valence-electron chi connectivity index (χ3n) is 4.97. The first-order valence-corrected chi connectivity index (χ1v) is 10.8. The summed E-state index contributed by atoms with van der Waals surface area (Å²) in [5.74, 6) is 0.170. The van der Waals surface area contributed by atoms with Crippen LogP contribution in [0, 0.1) is 0 Å². The quantitative estimate of drug-likeness (QED) is 0.268. The maximum atomic E-state index is 12.7. The highest BCUT2D eigenvalue weighted by atomic mass is 79.9. The zero-order chi connectivity index (χ0) is 22.8. The summed E-state index contributed by atoms with van der Waals surface area (Å²) in [6.45, 7) is 3.07. The number of nitrogens with zero attached hydrogens (tertiary/aromatic N) is 3. The number of halogens is 1. The number of H-pyrrole nitrogens is 1. The van der Waals surface area contributed by atoms with Crippen LogP contribution in [0.25, 0.3) is 33.4 Å². The van der Waals surface area contributed by atoms with Crippen molar-refractivity contribution in [2.75, 3.05) is 5.32 Å². The normalized spacial score (nSPS) is 11.0. The van der Waals surface area contributed by atoms with Crippen molar-refractivity contribution in [1.29, 1.82) is 0 Å². The average molecular weight is 494 g/mol. The van der Waals surface area contributed by atoms with E-state index in [2.05, 4.69) is 41.2 Å². The molecule has 3 N–H and O–H groups in total. The number of pyridine rings is 3. The van der Waals surface area contributed by atoms with Crippen molar-refractivity contribution >= 4 is 44.5 Å². The van der Waals surface area contributed by atoms with Gasteiger partial charge in [0, 0.05) is 48.0 Å². The lowest BCUT2D eigenvalue weighted by molar-refractivity contribution is -0.114. The molecule has 0 spiro atoms. The SMILES string of the molecule is CCC(=O)c1cc(Br)nc2c(-c3ccc(CO)nc3)c(-c3ccnc(NC(C)=O)c3)[nH]c12. The summed E-state index contributed by atoms with van der Waals surface area (Å²) in [6, 6.07) is 8.86. The van der Waals surface area contributed by atoms with Gasteiger partial charge in [0.2, 0.25) is 5.91 Å². The third kappa shape index (κ3) is 4.17. The van der Waals surface area contributed by atoms with Gasteiger partial charge in [-0.05, 0) is 40.2 Å². The van der Waals surface area contributed by atoms with E-state index in [1.54, 1.807) is 30.6 Å². The highest BCUT2D eigenvalue weighted by molar-refractivity contribution is 9.10. The van der Waals surface area contributed by atoms with Crippen molar-refractivity contribution in [3.8, 4) is 22.4 Å². The summed E-state index contributed by atoms with van der Waals surface area (Å²) >= 11 is 3.43. The van der Waals surface area contributed by atoms with Crippen LogP contribution in [0.15, 0.2) is 47.3 Å². The molecule has 0 saturated carbocycles. The standard InChI is InChI=1S/C23H20BrN5O3/c1-3-17(32)16-9-18(24)28-23-20(14-4-5-15(11-30)26-10-14)21(29-22(16)23)13-6-7-25-19(8-13)27-12(2)31/h4-10,29-30H,3,11H2,1-2H3,(H,25,27,31).